The van der Waals surface area contributed by atoms with E-state index >= 15 is 0 Å². The highest BCUT2D eigenvalue weighted by Crippen LogP contribution is 2.30. The van der Waals surface area contributed by atoms with E-state index in [0.29, 0.717) is 11.3 Å². The number of nitrogens with one attached hydrogen (secondary N) is 1. The molecule has 1 aliphatic rings. The Morgan fingerprint density at radius 2 is 2.24 bits per heavy atom. The van der Waals surface area contributed by atoms with Crippen LogP contribution in [0.25, 0.3) is 0 Å². The zero-order valence-electron chi connectivity index (χ0n) is 10.8. The molecule has 0 aromatic heterocycles. The topological polar surface area (TPSA) is 21.3 Å². The molecule has 1 heterocycles. The average Bonchev–Trinajstić information content (AvgIpc) is 2.35. The number of aryl methyl sites for hydroxylation is 1. The van der Waals surface area contributed by atoms with Crippen LogP contribution in [-0.4, -0.2) is 24.2 Å². The first-order chi connectivity index (χ1) is 8.20. The van der Waals surface area contributed by atoms with E-state index in [4.69, 9.17) is 4.74 Å². The Balaban J connectivity index is 2.11. The molecule has 2 nitrogen and oxygen atoms in total. The quantitative estimate of drug-likeness (QED) is 0.885. The summed E-state index contributed by atoms with van der Waals surface area (Å²) < 4.78 is 5.28. The number of rotatable bonds is 3. The van der Waals surface area contributed by atoms with Crippen molar-refractivity contribution >= 4 is 17.4 Å². The first kappa shape index (κ1) is 12.6. The fourth-order valence-corrected chi connectivity index (χ4v) is 3.34. The molecule has 2 rings (SSSR count). The molecule has 1 fully saturated rings. The Labute approximate surface area is 108 Å². The molecule has 1 aromatic rings. The van der Waals surface area contributed by atoms with Crippen molar-refractivity contribution in [1.82, 2.24) is 0 Å². The maximum absolute atomic E-state index is 5.28. The van der Waals surface area contributed by atoms with E-state index in [9.17, 15) is 0 Å². The van der Waals surface area contributed by atoms with Crippen molar-refractivity contribution in [2.45, 2.75) is 38.0 Å². The van der Waals surface area contributed by atoms with Gasteiger partial charge in [0.05, 0.1) is 7.11 Å². The van der Waals surface area contributed by atoms with Crippen molar-refractivity contribution in [1.29, 1.82) is 0 Å². The van der Waals surface area contributed by atoms with Gasteiger partial charge in [0.1, 0.15) is 5.75 Å². The van der Waals surface area contributed by atoms with Crippen LogP contribution in [0.15, 0.2) is 18.2 Å². The molecule has 1 saturated heterocycles. The van der Waals surface area contributed by atoms with Crippen molar-refractivity contribution in [3.63, 3.8) is 0 Å². The van der Waals surface area contributed by atoms with E-state index < -0.39 is 0 Å². The molecule has 0 saturated carbocycles. The molecule has 17 heavy (non-hydrogen) atoms. The van der Waals surface area contributed by atoms with Crippen molar-refractivity contribution in [2.75, 3.05) is 18.2 Å². The van der Waals surface area contributed by atoms with E-state index in [0.717, 1.165) is 5.75 Å². The Bertz CT molecular complexity index is 380. The van der Waals surface area contributed by atoms with Crippen LogP contribution < -0.4 is 10.1 Å². The normalized spacial score (nSPS) is 24.4. The number of hydrogen-bond donors (Lipinski definition) is 1. The van der Waals surface area contributed by atoms with Gasteiger partial charge in [-0.25, -0.2) is 0 Å². The van der Waals surface area contributed by atoms with Crippen molar-refractivity contribution in [2.24, 2.45) is 0 Å². The van der Waals surface area contributed by atoms with Crippen molar-refractivity contribution < 1.29 is 4.74 Å². The molecule has 1 N–H and O–H groups in total. The van der Waals surface area contributed by atoms with E-state index in [2.05, 4.69) is 43.1 Å². The molecule has 0 aliphatic carbocycles. The van der Waals surface area contributed by atoms with E-state index in [1.54, 1.807) is 7.11 Å². The number of hydrogen-bond acceptors (Lipinski definition) is 3. The summed E-state index contributed by atoms with van der Waals surface area (Å²) in [6, 6.07) is 6.81. The highest BCUT2D eigenvalue weighted by molar-refractivity contribution is 8.00. The van der Waals surface area contributed by atoms with Gasteiger partial charge in [-0.15, -0.1) is 0 Å². The van der Waals surface area contributed by atoms with E-state index in [-0.39, 0.29) is 0 Å². The van der Waals surface area contributed by atoms with Crippen LogP contribution in [-0.2, 0) is 0 Å². The van der Waals surface area contributed by atoms with Gasteiger partial charge in [0.2, 0.25) is 0 Å². The minimum Gasteiger partial charge on any atom is -0.497 e. The van der Waals surface area contributed by atoms with Crippen LogP contribution in [0.1, 0.15) is 25.3 Å². The Morgan fingerprint density at radius 3 is 2.94 bits per heavy atom. The fourth-order valence-electron chi connectivity index (χ4n) is 2.20. The van der Waals surface area contributed by atoms with Gasteiger partial charge in [0, 0.05) is 23.0 Å². The molecule has 1 aromatic carbocycles. The van der Waals surface area contributed by atoms with Crippen LogP contribution in [0.5, 0.6) is 5.75 Å². The van der Waals surface area contributed by atoms with Gasteiger partial charge in [0.15, 0.2) is 0 Å². The second-order valence-electron chi connectivity index (χ2n) is 4.65. The molecular weight excluding hydrogens is 230 g/mol. The Kier molecular flexibility index (Phi) is 4.21. The van der Waals surface area contributed by atoms with Gasteiger partial charge in [-0.2, -0.15) is 11.8 Å². The second kappa shape index (κ2) is 5.67. The molecular formula is C14H21NOS. The van der Waals surface area contributed by atoms with Gasteiger partial charge in [-0.1, -0.05) is 13.0 Å². The van der Waals surface area contributed by atoms with E-state index in [1.165, 1.54) is 29.8 Å². The third kappa shape index (κ3) is 3.09. The summed E-state index contributed by atoms with van der Waals surface area (Å²) in [6.07, 6.45) is 2.58. The molecule has 0 bridgehead atoms. The number of ether oxygens (including phenoxy) is 1. The fraction of sp³-hybridized carbons (Fsp3) is 0.571. The lowest BCUT2D eigenvalue weighted by Gasteiger charge is -2.30. The molecule has 2 atom stereocenters. The molecule has 1 aliphatic heterocycles. The van der Waals surface area contributed by atoms with Crippen LogP contribution in [0.4, 0.5) is 5.69 Å². The zero-order chi connectivity index (χ0) is 12.3. The van der Waals surface area contributed by atoms with Crippen LogP contribution in [0, 0.1) is 6.92 Å². The van der Waals surface area contributed by atoms with Crippen LogP contribution in [0.3, 0.4) is 0 Å². The summed E-state index contributed by atoms with van der Waals surface area (Å²) in [7, 11) is 1.72. The smallest absolute Gasteiger partial charge is 0.120 e. The average molecular weight is 251 g/mol. The standard InChI is InChI=1S/C14H21NOS/c1-10-6-7-12(16-3)9-14(10)15-13-5-4-8-17-11(13)2/h6-7,9,11,13,15H,4-5,8H2,1-3H3. The third-order valence-corrected chi connectivity index (χ3v) is 4.77. The summed E-state index contributed by atoms with van der Waals surface area (Å²) in [5.74, 6) is 2.23. The number of anilines is 1. The number of benzene rings is 1. The second-order valence-corrected chi connectivity index (χ2v) is 6.13. The van der Waals surface area contributed by atoms with Gasteiger partial charge in [-0.3, -0.25) is 0 Å². The predicted molar refractivity (Wildman–Crippen MR) is 76.3 cm³/mol. The van der Waals surface area contributed by atoms with Gasteiger partial charge in [-0.05, 0) is 37.1 Å². The first-order valence-electron chi connectivity index (χ1n) is 6.23. The van der Waals surface area contributed by atoms with Gasteiger partial charge >= 0.3 is 0 Å². The van der Waals surface area contributed by atoms with Crippen molar-refractivity contribution in [3.05, 3.63) is 23.8 Å². The molecule has 94 valence electrons. The summed E-state index contributed by atoms with van der Waals surface area (Å²) >= 11 is 2.07. The third-order valence-electron chi connectivity index (χ3n) is 3.39. The minimum absolute atomic E-state index is 0.583. The summed E-state index contributed by atoms with van der Waals surface area (Å²) in [4.78, 5) is 0. The summed E-state index contributed by atoms with van der Waals surface area (Å²) in [5, 5.41) is 4.36. The summed E-state index contributed by atoms with van der Waals surface area (Å²) in [5.41, 5.74) is 2.50. The summed E-state index contributed by atoms with van der Waals surface area (Å²) in [6.45, 7) is 4.46. The van der Waals surface area contributed by atoms with Crippen molar-refractivity contribution in [3.8, 4) is 5.75 Å². The predicted octanol–water partition coefficient (Wildman–Crippen LogP) is 3.70. The lowest BCUT2D eigenvalue weighted by atomic mass is 10.1. The van der Waals surface area contributed by atoms with Gasteiger partial charge in [0.25, 0.3) is 0 Å². The lowest BCUT2D eigenvalue weighted by Crippen LogP contribution is -2.33. The number of thioether (sulfide) groups is 1. The van der Waals surface area contributed by atoms with E-state index in [1.807, 2.05) is 6.07 Å². The van der Waals surface area contributed by atoms with Crippen LogP contribution in [0.2, 0.25) is 0 Å². The molecule has 2 unspecified atom stereocenters. The number of methoxy groups -OCH3 is 1. The highest BCUT2D eigenvalue weighted by Gasteiger charge is 2.21. The Morgan fingerprint density at radius 1 is 1.41 bits per heavy atom. The highest BCUT2D eigenvalue weighted by atomic mass is 32.2. The van der Waals surface area contributed by atoms with Crippen LogP contribution >= 0.6 is 11.8 Å². The SMILES string of the molecule is COc1ccc(C)c(NC2CCCSC2C)c1. The minimum atomic E-state index is 0.583. The lowest BCUT2D eigenvalue weighted by molar-refractivity contribution is 0.415. The Hall–Kier alpha value is -0.830. The largest absolute Gasteiger partial charge is 0.497 e. The maximum atomic E-state index is 5.28. The monoisotopic (exact) mass is 251 g/mol. The molecule has 0 amide bonds. The first-order valence-corrected chi connectivity index (χ1v) is 7.28. The molecule has 3 heteroatoms. The van der Waals surface area contributed by atoms with Gasteiger partial charge < -0.3 is 10.1 Å². The maximum Gasteiger partial charge on any atom is 0.120 e. The molecule has 0 spiro atoms. The molecule has 0 radical (unpaired) electrons. The zero-order valence-corrected chi connectivity index (χ0v) is 11.6.